The number of carbonyl (C=O) groups is 5. The minimum Gasteiger partial charge on any atom is -0.477 e. The monoisotopic (exact) mass is 681 g/mol. The van der Waals surface area contributed by atoms with Crippen molar-refractivity contribution in [3.05, 3.63) is 54.3 Å². The summed E-state index contributed by atoms with van der Waals surface area (Å²) in [5.41, 5.74) is 1.64. The van der Waals surface area contributed by atoms with Gasteiger partial charge in [-0.2, -0.15) is 0 Å². The van der Waals surface area contributed by atoms with Gasteiger partial charge >= 0.3 is 12.1 Å². The summed E-state index contributed by atoms with van der Waals surface area (Å²) in [6.45, 7) is 9.72. The van der Waals surface area contributed by atoms with Crippen molar-refractivity contribution in [3.63, 3.8) is 0 Å². The number of amides is 4. The molecule has 2 unspecified atom stereocenters. The van der Waals surface area contributed by atoms with Crippen LogP contribution in [0.25, 0.3) is 17.0 Å². The molecule has 1 aliphatic carbocycles. The Morgan fingerprint density at radius 2 is 1.94 bits per heavy atom. The molecular weight excluding hydrogens is 634 g/mol. The summed E-state index contributed by atoms with van der Waals surface area (Å²) >= 11 is 1.37. The van der Waals surface area contributed by atoms with Gasteiger partial charge in [-0.25, -0.2) is 9.59 Å². The number of carboxylic acids is 1. The number of aromatic nitrogens is 1. The second-order valence-corrected chi connectivity index (χ2v) is 14.4. The van der Waals surface area contributed by atoms with Gasteiger partial charge in [0.05, 0.1) is 6.61 Å². The van der Waals surface area contributed by atoms with E-state index in [0.29, 0.717) is 37.5 Å². The predicted octanol–water partition coefficient (Wildman–Crippen LogP) is 4.65. The van der Waals surface area contributed by atoms with Crippen molar-refractivity contribution in [1.82, 2.24) is 24.8 Å². The van der Waals surface area contributed by atoms with Crippen LogP contribution < -0.4 is 15.4 Å². The predicted molar refractivity (Wildman–Crippen MR) is 186 cm³/mol. The number of allylic oxidation sites excluding steroid dienone is 1. The lowest BCUT2D eigenvalue weighted by Crippen LogP contribution is -2.55. The molecule has 4 rings (SSSR count). The summed E-state index contributed by atoms with van der Waals surface area (Å²) in [5, 5.41) is 16.1. The van der Waals surface area contributed by atoms with Gasteiger partial charge in [0.25, 0.3) is 5.91 Å². The number of fused-ring (bicyclic) bond motifs is 1. The number of rotatable bonds is 16. The number of alkyl carbamates (subject to hydrolysis) is 1. The van der Waals surface area contributed by atoms with E-state index in [4.69, 9.17) is 4.74 Å². The zero-order valence-electron chi connectivity index (χ0n) is 28.1. The lowest BCUT2D eigenvalue weighted by atomic mass is 9.88. The van der Waals surface area contributed by atoms with Crippen molar-refractivity contribution in [2.75, 3.05) is 19.7 Å². The summed E-state index contributed by atoms with van der Waals surface area (Å²) in [4.78, 5) is 64.5. The molecule has 260 valence electrons. The fraction of sp³-hybridized carbons (Fsp3) is 0.514. The van der Waals surface area contributed by atoms with Crippen LogP contribution in [0.5, 0.6) is 0 Å². The van der Waals surface area contributed by atoms with E-state index >= 15 is 0 Å². The lowest BCUT2D eigenvalue weighted by Gasteiger charge is -2.28. The maximum absolute atomic E-state index is 13.2. The van der Waals surface area contributed by atoms with Gasteiger partial charge in [-0.15, -0.1) is 6.58 Å². The highest BCUT2D eigenvalue weighted by Gasteiger charge is 2.37. The summed E-state index contributed by atoms with van der Waals surface area (Å²) in [5.74, 6) is -2.40. The topological polar surface area (TPSA) is 159 Å². The first-order valence-corrected chi connectivity index (χ1v) is 17.3. The Bertz CT molecular complexity index is 1560. The minimum atomic E-state index is -0.977. The molecule has 2 aromatic rings. The number of nitrogens with zero attached hydrogens (tertiary/aromatic N) is 2. The summed E-state index contributed by atoms with van der Waals surface area (Å²) < 4.78 is 9.92. The van der Waals surface area contributed by atoms with Gasteiger partial charge in [-0.3, -0.25) is 19.1 Å². The van der Waals surface area contributed by atoms with Crippen molar-refractivity contribution < 1.29 is 33.8 Å². The highest BCUT2D eigenvalue weighted by atomic mass is 32.2. The lowest BCUT2D eigenvalue weighted by molar-refractivity contribution is -0.139. The molecule has 1 aromatic heterocycles. The van der Waals surface area contributed by atoms with Crippen LogP contribution in [0.2, 0.25) is 0 Å². The van der Waals surface area contributed by atoms with E-state index in [1.54, 1.807) is 30.7 Å². The number of likely N-dealkylation sites (tertiary alicyclic amines) is 1. The zero-order chi connectivity index (χ0) is 35.0. The molecule has 3 atom stereocenters. The summed E-state index contributed by atoms with van der Waals surface area (Å²) in [6.07, 6.45) is 9.51. The number of hydrogen-bond donors (Lipinski definition) is 4. The third-order valence-electron chi connectivity index (χ3n) is 8.81. The summed E-state index contributed by atoms with van der Waals surface area (Å²) in [6, 6.07) is 5.85. The van der Waals surface area contributed by atoms with Crippen LogP contribution in [-0.2, 0) is 26.2 Å². The van der Waals surface area contributed by atoms with Crippen LogP contribution >= 0.6 is 11.9 Å². The highest BCUT2D eigenvalue weighted by Crippen LogP contribution is 2.32. The largest absolute Gasteiger partial charge is 0.477 e. The van der Waals surface area contributed by atoms with Crippen molar-refractivity contribution in [2.24, 2.45) is 18.4 Å². The number of carboxylic acid groups (broad SMARTS) is 1. The fourth-order valence-electron chi connectivity index (χ4n) is 5.60. The Balaban J connectivity index is 1.21. The molecule has 12 nitrogen and oxygen atoms in total. The Morgan fingerprint density at radius 1 is 1.19 bits per heavy atom. The number of carbonyl (C=O) groups excluding carboxylic acids is 4. The number of hydrogen-bond acceptors (Lipinski definition) is 7. The number of nitrogens with one attached hydrogen (secondary N) is 3. The van der Waals surface area contributed by atoms with Gasteiger partial charge in [0.1, 0.15) is 24.3 Å². The Hall–Kier alpha value is -4.26. The van der Waals surface area contributed by atoms with Gasteiger partial charge in [-0.05, 0) is 73.6 Å². The second kappa shape index (κ2) is 16.2. The Morgan fingerprint density at radius 3 is 2.62 bits per heavy atom. The van der Waals surface area contributed by atoms with Crippen LogP contribution in [0.3, 0.4) is 0 Å². The Kier molecular flexibility index (Phi) is 12.4. The zero-order valence-corrected chi connectivity index (χ0v) is 28.9. The third-order valence-corrected chi connectivity index (χ3v) is 9.93. The van der Waals surface area contributed by atoms with Gasteiger partial charge in [-0.1, -0.05) is 51.1 Å². The standard InChI is InChI=1S/C35H47N5O7S/c1-6-22(2)30(32(43)38-48-24-15-16-24)37-31(42)27-14-10-18-40(27)29(41)20-36-34(46)47-21-35(3,4)17-8-7-11-23-12-9-13-26-25(23)19-28(33(44)45)39(26)5/h6-7,9,11-13,19,22,24,27,30H,1,8,10,14-18,20-21H2,2-5H3,(H,36,46)(H,37,42)(H,38,43)(H,44,45)/b11-7+/t22-,27?,30?/m0/s1. The molecule has 48 heavy (non-hydrogen) atoms. The molecule has 0 spiro atoms. The molecule has 2 aliphatic rings. The quantitative estimate of drug-likeness (QED) is 0.147. The molecule has 1 aromatic carbocycles. The normalized spacial score (nSPS) is 17.6. The van der Waals surface area contributed by atoms with Crippen LogP contribution in [-0.4, -0.2) is 81.4 Å². The first kappa shape index (κ1) is 36.6. The summed E-state index contributed by atoms with van der Waals surface area (Å²) in [7, 11) is 1.73. The highest BCUT2D eigenvalue weighted by molar-refractivity contribution is 7.98. The molecule has 0 radical (unpaired) electrons. The van der Waals surface area contributed by atoms with Gasteiger partial charge < -0.3 is 29.9 Å². The molecule has 2 heterocycles. The Labute approximate surface area is 285 Å². The van der Waals surface area contributed by atoms with Crippen LogP contribution in [0.15, 0.2) is 43.0 Å². The van der Waals surface area contributed by atoms with E-state index in [0.717, 1.165) is 29.3 Å². The third kappa shape index (κ3) is 9.65. The fourth-order valence-corrected chi connectivity index (χ4v) is 6.38. The number of benzene rings is 1. The van der Waals surface area contributed by atoms with E-state index in [9.17, 15) is 29.1 Å². The van der Waals surface area contributed by atoms with E-state index in [1.807, 2.05) is 44.2 Å². The second-order valence-electron chi connectivity index (χ2n) is 13.3. The molecule has 1 saturated carbocycles. The average molecular weight is 682 g/mol. The molecule has 13 heteroatoms. The molecule has 0 bridgehead atoms. The van der Waals surface area contributed by atoms with Crippen molar-refractivity contribution >= 4 is 58.7 Å². The molecule has 1 aliphatic heterocycles. The van der Waals surface area contributed by atoms with Crippen molar-refractivity contribution in [2.45, 2.75) is 76.6 Å². The molecule has 4 amide bonds. The number of ether oxygens (including phenoxy) is 1. The molecule has 1 saturated heterocycles. The SMILES string of the molecule is C=C[C@H](C)C(NC(=O)C1CCCN1C(=O)CNC(=O)OCC(C)(C)CC/C=C/c1cccc2c1cc(C(=O)O)n2C)C(=O)NSC1CC1. The van der Waals surface area contributed by atoms with Gasteiger partial charge in [0.2, 0.25) is 11.8 Å². The van der Waals surface area contributed by atoms with Gasteiger partial charge in [0.15, 0.2) is 0 Å². The molecule has 4 N–H and O–H groups in total. The van der Waals surface area contributed by atoms with Crippen LogP contribution in [0, 0.1) is 11.3 Å². The first-order valence-electron chi connectivity index (χ1n) is 16.4. The number of aryl methyl sites for hydroxylation is 1. The maximum Gasteiger partial charge on any atom is 0.407 e. The van der Waals surface area contributed by atoms with Gasteiger partial charge in [0, 0.05) is 35.7 Å². The van der Waals surface area contributed by atoms with E-state index in [1.165, 1.54) is 16.8 Å². The molecule has 2 fully saturated rings. The number of aromatic carboxylic acids is 1. The first-order chi connectivity index (χ1) is 22.8. The van der Waals surface area contributed by atoms with E-state index in [-0.39, 0.29) is 36.1 Å². The van der Waals surface area contributed by atoms with Crippen LogP contribution in [0.4, 0.5) is 4.79 Å². The molecular formula is C35H47N5O7S. The minimum absolute atomic E-state index is 0.135. The van der Waals surface area contributed by atoms with Crippen molar-refractivity contribution in [1.29, 1.82) is 0 Å². The smallest absolute Gasteiger partial charge is 0.407 e. The average Bonchev–Trinajstić information content (AvgIpc) is 3.64. The van der Waals surface area contributed by atoms with E-state index in [2.05, 4.69) is 21.9 Å². The van der Waals surface area contributed by atoms with Crippen molar-refractivity contribution in [3.8, 4) is 0 Å². The van der Waals surface area contributed by atoms with E-state index < -0.39 is 36.0 Å². The van der Waals surface area contributed by atoms with Crippen LogP contribution in [0.1, 0.15) is 75.3 Å². The maximum atomic E-state index is 13.2.